The van der Waals surface area contributed by atoms with E-state index in [2.05, 4.69) is 26.1 Å². The highest BCUT2D eigenvalue weighted by atomic mass is 79.9. The first-order chi connectivity index (χ1) is 5.25. The number of hydrogen-bond acceptors (Lipinski definition) is 2. The van der Waals surface area contributed by atoms with Gasteiger partial charge in [-0.2, -0.15) is 15.0 Å². The molecule has 2 aromatic rings. The summed E-state index contributed by atoms with van der Waals surface area (Å²) in [7, 11) is 1.81. The summed E-state index contributed by atoms with van der Waals surface area (Å²) < 4.78 is 1.03. The summed E-state index contributed by atoms with van der Waals surface area (Å²) in [6, 6.07) is 5.84. The molecule has 0 saturated heterocycles. The lowest BCUT2D eigenvalue weighted by atomic mass is 10.3. The number of halogens is 1. The van der Waals surface area contributed by atoms with Gasteiger partial charge in [0.1, 0.15) is 11.0 Å². The van der Waals surface area contributed by atoms with Crippen LogP contribution >= 0.6 is 15.9 Å². The molecule has 0 unspecified atom stereocenters. The van der Waals surface area contributed by atoms with Crippen molar-refractivity contribution in [1.29, 1.82) is 0 Å². The Morgan fingerprint density at radius 1 is 1.27 bits per heavy atom. The molecule has 0 radical (unpaired) electrons. The lowest BCUT2D eigenvalue weighted by molar-refractivity contribution is 0.665. The van der Waals surface area contributed by atoms with Gasteiger partial charge in [0.2, 0.25) is 0 Å². The highest BCUT2D eigenvalue weighted by Crippen LogP contribution is 2.15. The molecule has 0 N–H and O–H groups in total. The lowest BCUT2D eigenvalue weighted by Gasteiger charge is -1.85. The van der Waals surface area contributed by atoms with E-state index in [0.717, 1.165) is 15.5 Å². The maximum Gasteiger partial charge on any atom is 0.114 e. The van der Waals surface area contributed by atoms with Gasteiger partial charge in [-0.1, -0.05) is 15.9 Å². The summed E-state index contributed by atoms with van der Waals surface area (Å²) in [6.07, 6.45) is 0. The number of rotatable bonds is 0. The Balaban J connectivity index is 2.82. The third-order valence-electron chi connectivity index (χ3n) is 1.44. The molecule has 56 valence electrons. The van der Waals surface area contributed by atoms with Crippen molar-refractivity contribution in [2.75, 3.05) is 0 Å². The second-order valence-electron chi connectivity index (χ2n) is 2.32. The van der Waals surface area contributed by atoms with Crippen LogP contribution in [-0.2, 0) is 7.05 Å². The Bertz CT molecular complexity index is 393. The maximum absolute atomic E-state index is 4.15. The van der Waals surface area contributed by atoms with Crippen molar-refractivity contribution in [3.8, 4) is 0 Å². The predicted molar refractivity (Wildman–Crippen MR) is 46.2 cm³/mol. The first-order valence-corrected chi connectivity index (χ1v) is 4.01. The Labute approximate surface area is 72.1 Å². The van der Waals surface area contributed by atoms with Gasteiger partial charge in [0, 0.05) is 11.5 Å². The average molecular weight is 212 g/mol. The zero-order chi connectivity index (χ0) is 7.84. The highest BCUT2D eigenvalue weighted by Gasteiger charge is 1.98. The Hall–Kier alpha value is -0.900. The molecule has 11 heavy (non-hydrogen) atoms. The molecule has 1 aromatic carbocycles. The summed E-state index contributed by atoms with van der Waals surface area (Å²) in [5.74, 6) is 0. The van der Waals surface area contributed by atoms with Gasteiger partial charge in [-0.3, -0.25) is 0 Å². The van der Waals surface area contributed by atoms with Gasteiger partial charge in [-0.15, -0.1) is 0 Å². The Morgan fingerprint density at radius 3 is 2.82 bits per heavy atom. The van der Waals surface area contributed by atoms with Crippen molar-refractivity contribution in [3.63, 3.8) is 0 Å². The minimum absolute atomic E-state index is 0.918. The standard InChI is InChI=1S/C7H6BrN3/c1-11-9-6-3-2-5(8)4-7(6)10-11/h2-4H,1H3. The van der Waals surface area contributed by atoms with Crippen LogP contribution in [-0.4, -0.2) is 15.0 Å². The van der Waals surface area contributed by atoms with Gasteiger partial charge < -0.3 is 0 Å². The van der Waals surface area contributed by atoms with E-state index in [1.807, 2.05) is 25.2 Å². The molecule has 0 aliphatic rings. The van der Waals surface area contributed by atoms with Crippen LogP contribution in [0.3, 0.4) is 0 Å². The average Bonchev–Trinajstić information content (AvgIpc) is 2.27. The van der Waals surface area contributed by atoms with Gasteiger partial charge in [-0.05, 0) is 18.2 Å². The van der Waals surface area contributed by atoms with Crippen LogP contribution in [0.15, 0.2) is 22.7 Å². The van der Waals surface area contributed by atoms with Crippen molar-refractivity contribution >= 4 is 27.0 Å². The minimum atomic E-state index is 0.918. The van der Waals surface area contributed by atoms with Crippen molar-refractivity contribution in [3.05, 3.63) is 22.7 Å². The van der Waals surface area contributed by atoms with Crippen LogP contribution < -0.4 is 0 Å². The fourth-order valence-corrected chi connectivity index (χ4v) is 1.34. The molecule has 0 atom stereocenters. The molecular formula is C7H6BrN3. The van der Waals surface area contributed by atoms with Crippen molar-refractivity contribution in [2.24, 2.45) is 7.05 Å². The SMILES string of the molecule is Cn1nc2ccc(Br)cc2n1. The van der Waals surface area contributed by atoms with Gasteiger partial charge in [-0.25, -0.2) is 0 Å². The van der Waals surface area contributed by atoms with Crippen molar-refractivity contribution < 1.29 is 0 Å². The third kappa shape index (κ3) is 1.14. The number of aryl methyl sites for hydroxylation is 1. The van der Waals surface area contributed by atoms with Crippen LogP contribution in [0, 0.1) is 0 Å². The smallest absolute Gasteiger partial charge is 0.114 e. The molecule has 0 aliphatic heterocycles. The molecule has 0 amide bonds. The predicted octanol–water partition coefficient (Wildman–Crippen LogP) is 1.73. The number of nitrogens with zero attached hydrogens (tertiary/aromatic N) is 3. The molecule has 4 heteroatoms. The molecule has 0 bridgehead atoms. The van der Waals surface area contributed by atoms with Crippen LogP contribution in [0.5, 0.6) is 0 Å². The second kappa shape index (κ2) is 2.30. The fourth-order valence-electron chi connectivity index (χ4n) is 0.995. The summed E-state index contributed by atoms with van der Waals surface area (Å²) >= 11 is 3.36. The summed E-state index contributed by atoms with van der Waals surface area (Å²) in [5.41, 5.74) is 1.84. The third-order valence-corrected chi connectivity index (χ3v) is 1.94. The number of aromatic nitrogens is 3. The van der Waals surface area contributed by atoms with Gasteiger partial charge in [0.05, 0.1) is 0 Å². The van der Waals surface area contributed by atoms with Gasteiger partial charge in [0.15, 0.2) is 0 Å². The van der Waals surface area contributed by atoms with E-state index in [0.29, 0.717) is 0 Å². The van der Waals surface area contributed by atoms with E-state index in [1.54, 1.807) is 4.80 Å². The van der Waals surface area contributed by atoms with Crippen LogP contribution in [0.2, 0.25) is 0 Å². The van der Waals surface area contributed by atoms with Crippen molar-refractivity contribution in [2.45, 2.75) is 0 Å². The molecule has 0 spiro atoms. The van der Waals surface area contributed by atoms with Crippen LogP contribution in [0.1, 0.15) is 0 Å². The molecular weight excluding hydrogens is 206 g/mol. The molecule has 0 saturated carbocycles. The van der Waals surface area contributed by atoms with Gasteiger partial charge in [0.25, 0.3) is 0 Å². The molecule has 0 aliphatic carbocycles. The highest BCUT2D eigenvalue weighted by molar-refractivity contribution is 9.10. The Kier molecular flexibility index (Phi) is 1.42. The van der Waals surface area contributed by atoms with E-state index in [1.165, 1.54) is 0 Å². The normalized spacial score (nSPS) is 10.7. The number of fused-ring (bicyclic) bond motifs is 1. The summed E-state index contributed by atoms with van der Waals surface area (Å²) in [6.45, 7) is 0. The van der Waals surface area contributed by atoms with Crippen molar-refractivity contribution in [1.82, 2.24) is 15.0 Å². The van der Waals surface area contributed by atoms with E-state index >= 15 is 0 Å². The largest absolute Gasteiger partial charge is 0.187 e. The molecule has 2 rings (SSSR count). The molecule has 0 fully saturated rings. The molecule has 3 nitrogen and oxygen atoms in total. The monoisotopic (exact) mass is 211 g/mol. The topological polar surface area (TPSA) is 30.7 Å². The maximum atomic E-state index is 4.15. The first-order valence-electron chi connectivity index (χ1n) is 3.22. The molecule has 1 aromatic heterocycles. The summed E-state index contributed by atoms with van der Waals surface area (Å²) in [4.78, 5) is 1.57. The molecule has 1 heterocycles. The fraction of sp³-hybridized carbons (Fsp3) is 0.143. The first kappa shape index (κ1) is 6.79. The van der Waals surface area contributed by atoms with E-state index in [4.69, 9.17) is 0 Å². The van der Waals surface area contributed by atoms with Gasteiger partial charge >= 0.3 is 0 Å². The zero-order valence-electron chi connectivity index (χ0n) is 5.95. The van der Waals surface area contributed by atoms with E-state index in [-0.39, 0.29) is 0 Å². The Morgan fingerprint density at radius 2 is 2.00 bits per heavy atom. The van der Waals surface area contributed by atoms with Crippen LogP contribution in [0.4, 0.5) is 0 Å². The number of hydrogen-bond donors (Lipinski definition) is 0. The summed E-state index contributed by atoms with van der Waals surface area (Å²) in [5, 5.41) is 8.29. The second-order valence-corrected chi connectivity index (χ2v) is 3.24. The lowest BCUT2D eigenvalue weighted by Crippen LogP contribution is -1.90. The minimum Gasteiger partial charge on any atom is -0.187 e. The zero-order valence-corrected chi connectivity index (χ0v) is 7.54. The van der Waals surface area contributed by atoms with E-state index < -0.39 is 0 Å². The van der Waals surface area contributed by atoms with Crippen LogP contribution in [0.25, 0.3) is 11.0 Å². The van der Waals surface area contributed by atoms with E-state index in [9.17, 15) is 0 Å². The number of benzene rings is 1. The quantitative estimate of drug-likeness (QED) is 0.665.